The SMILES string of the molecule is Cc1cc(C)c(C(Cl)C(C)S(C)(=O)=O)s1. The van der Waals surface area contributed by atoms with Crippen molar-refractivity contribution in [1.29, 1.82) is 0 Å². The first kappa shape index (κ1) is 13.0. The number of sulfone groups is 1. The van der Waals surface area contributed by atoms with Gasteiger partial charge in [0.05, 0.1) is 10.6 Å². The lowest BCUT2D eigenvalue weighted by Gasteiger charge is -2.15. The highest BCUT2D eigenvalue weighted by molar-refractivity contribution is 7.91. The van der Waals surface area contributed by atoms with Gasteiger partial charge in [0.25, 0.3) is 0 Å². The van der Waals surface area contributed by atoms with E-state index in [4.69, 9.17) is 11.6 Å². The Hall–Kier alpha value is -0.0600. The van der Waals surface area contributed by atoms with Gasteiger partial charge in [-0.25, -0.2) is 8.42 Å². The molecule has 0 aliphatic carbocycles. The van der Waals surface area contributed by atoms with E-state index in [1.54, 1.807) is 18.3 Å². The van der Waals surface area contributed by atoms with E-state index >= 15 is 0 Å². The van der Waals surface area contributed by atoms with Crippen molar-refractivity contribution in [2.75, 3.05) is 6.26 Å². The summed E-state index contributed by atoms with van der Waals surface area (Å²) >= 11 is 7.76. The Morgan fingerprint density at radius 3 is 2.27 bits per heavy atom. The van der Waals surface area contributed by atoms with E-state index in [0.717, 1.165) is 15.3 Å². The fourth-order valence-electron chi connectivity index (χ4n) is 1.36. The van der Waals surface area contributed by atoms with Gasteiger partial charge in [0.15, 0.2) is 9.84 Å². The van der Waals surface area contributed by atoms with Gasteiger partial charge in [0, 0.05) is 16.0 Å². The molecule has 0 saturated carbocycles. The van der Waals surface area contributed by atoms with Gasteiger partial charge >= 0.3 is 0 Å². The van der Waals surface area contributed by atoms with Crippen molar-refractivity contribution < 1.29 is 8.42 Å². The zero-order chi connectivity index (χ0) is 11.8. The molecule has 0 N–H and O–H groups in total. The van der Waals surface area contributed by atoms with Crippen molar-refractivity contribution in [2.45, 2.75) is 31.4 Å². The van der Waals surface area contributed by atoms with Gasteiger partial charge in [-0.1, -0.05) is 0 Å². The van der Waals surface area contributed by atoms with Crippen LogP contribution in [-0.2, 0) is 9.84 Å². The maximum atomic E-state index is 11.4. The average molecular weight is 267 g/mol. The van der Waals surface area contributed by atoms with Crippen LogP contribution in [0.25, 0.3) is 0 Å². The van der Waals surface area contributed by atoms with Crippen molar-refractivity contribution in [2.24, 2.45) is 0 Å². The third-order valence-corrected chi connectivity index (χ3v) is 6.15. The first-order valence-corrected chi connectivity index (χ1v) is 7.84. The van der Waals surface area contributed by atoms with Crippen molar-refractivity contribution >= 4 is 32.8 Å². The van der Waals surface area contributed by atoms with Gasteiger partial charge in [0.2, 0.25) is 0 Å². The largest absolute Gasteiger partial charge is 0.229 e. The summed E-state index contributed by atoms with van der Waals surface area (Å²) in [5.74, 6) is 0. The molecule has 0 aliphatic rings. The van der Waals surface area contributed by atoms with Crippen LogP contribution in [-0.4, -0.2) is 19.9 Å². The van der Waals surface area contributed by atoms with Gasteiger partial charge < -0.3 is 0 Å². The number of hydrogen-bond donors (Lipinski definition) is 0. The van der Waals surface area contributed by atoms with E-state index in [1.807, 2.05) is 19.9 Å². The van der Waals surface area contributed by atoms with E-state index in [9.17, 15) is 8.42 Å². The number of rotatable bonds is 3. The molecule has 0 radical (unpaired) electrons. The zero-order valence-corrected chi connectivity index (χ0v) is 11.6. The lowest BCUT2D eigenvalue weighted by Crippen LogP contribution is -2.20. The van der Waals surface area contributed by atoms with Crippen LogP contribution in [0.4, 0.5) is 0 Å². The second kappa shape index (κ2) is 4.44. The molecule has 0 spiro atoms. The smallest absolute Gasteiger partial charge is 0.151 e. The molecule has 0 fully saturated rings. The monoisotopic (exact) mass is 266 g/mol. The molecule has 1 heterocycles. The molecule has 0 aliphatic heterocycles. The number of aryl methyl sites for hydroxylation is 2. The average Bonchev–Trinajstić information content (AvgIpc) is 2.41. The van der Waals surface area contributed by atoms with Gasteiger partial charge in [-0.3, -0.25) is 0 Å². The van der Waals surface area contributed by atoms with Crippen LogP contribution in [0.15, 0.2) is 6.07 Å². The molecule has 1 rings (SSSR count). The van der Waals surface area contributed by atoms with Crippen LogP contribution >= 0.6 is 22.9 Å². The maximum absolute atomic E-state index is 11.4. The molecule has 0 bridgehead atoms. The molecule has 86 valence electrons. The van der Waals surface area contributed by atoms with E-state index < -0.39 is 20.5 Å². The molecule has 1 aromatic rings. The maximum Gasteiger partial charge on any atom is 0.151 e. The molecule has 0 saturated heterocycles. The van der Waals surface area contributed by atoms with Crippen LogP contribution < -0.4 is 0 Å². The Kier molecular flexibility index (Phi) is 3.85. The van der Waals surface area contributed by atoms with Gasteiger partial charge in [-0.15, -0.1) is 22.9 Å². The molecule has 2 unspecified atom stereocenters. The van der Waals surface area contributed by atoms with E-state index in [-0.39, 0.29) is 0 Å². The first-order chi connectivity index (χ1) is 6.73. The molecule has 0 amide bonds. The van der Waals surface area contributed by atoms with Crippen LogP contribution in [0.2, 0.25) is 0 Å². The molecule has 15 heavy (non-hydrogen) atoms. The minimum absolute atomic E-state index is 0.446. The van der Waals surface area contributed by atoms with E-state index in [2.05, 4.69) is 0 Å². The summed E-state index contributed by atoms with van der Waals surface area (Å²) in [6, 6.07) is 2.03. The lowest BCUT2D eigenvalue weighted by atomic mass is 10.2. The third kappa shape index (κ3) is 2.95. The highest BCUT2D eigenvalue weighted by Gasteiger charge is 2.27. The van der Waals surface area contributed by atoms with Crippen molar-refractivity contribution in [3.8, 4) is 0 Å². The molecule has 2 atom stereocenters. The van der Waals surface area contributed by atoms with Crippen molar-refractivity contribution in [3.05, 3.63) is 21.4 Å². The van der Waals surface area contributed by atoms with E-state index in [1.165, 1.54) is 6.26 Å². The summed E-state index contributed by atoms with van der Waals surface area (Å²) in [5.41, 5.74) is 1.08. The minimum atomic E-state index is -3.08. The highest BCUT2D eigenvalue weighted by atomic mass is 35.5. The minimum Gasteiger partial charge on any atom is -0.229 e. The second-order valence-electron chi connectivity index (χ2n) is 3.84. The van der Waals surface area contributed by atoms with Gasteiger partial charge in [-0.2, -0.15) is 0 Å². The Balaban J connectivity index is 3.05. The summed E-state index contributed by atoms with van der Waals surface area (Å²) in [6.45, 7) is 5.61. The first-order valence-electron chi connectivity index (χ1n) is 4.63. The fourth-order valence-corrected chi connectivity index (χ4v) is 4.01. The topological polar surface area (TPSA) is 34.1 Å². The quantitative estimate of drug-likeness (QED) is 0.788. The molecular weight excluding hydrogens is 252 g/mol. The summed E-state index contributed by atoms with van der Waals surface area (Å²) in [7, 11) is -3.08. The molecule has 5 heteroatoms. The summed E-state index contributed by atoms with van der Waals surface area (Å²) < 4.78 is 22.8. The molecule has 0 aromatic carbocycles. The molecular formula is C10H15ClO2S2. The molecule has 1 aromatic heterocycles. The normalized spacial score (nSPS) is 16.3. The standard InChI is InChI=1S/C10H15ClO2S2/c1-6-5-7(2)14-10(6)9(11)8(3)15(4,12)13/h5,8-9H,1-4H3. The predicted octanol–water partition coefficient (Wildman–Crippen LogP) is 3.08. The predicted molar refractivity (Wildman–Crippen MR) is 66.7 cm³/mol. The lowest BCUT2D eigenvalue weighted by molar-refractivity contribution is 0.587. The molecule has 2 nitrogen and oxygen atoms in total. The van der Waals surface area contributed by atoms with Crippen LogP contribution in [0.3, 0.4) is 0 Å². The van der Waals surface area contributed by atoms with E-state index in [0.29, 0.717) is 0 Å². The zero-order valence-electron chi connectivity index (χ0n) is 9.24. The Labute approximate surface area is 100 Å². The van der Waals surface area contributed by atoms with Crippen LogP contribution in [0.1, 0.15) is 27.6 Å². The number of thiophene rings is 1. The third-order valence-electron chi connectivity index (χ3n) is 2.42. The second-order valence-corrected chi connectivity index (χ2v) is 8.00. The van der Waals surface area contributed by atoms with Crippen molar-refractivity contribution in [3.63, 3.8) is 0 Å². The summed E-state index contributed by atoms with van der Waals surface area (Å²) in [4.78, 5) is 2.13. The number of halogens is 1. The van der Waals surface area contributed by atoms with Crippen LogP contribution in [0.5, 0.6) is 0 Å². The van der Waals surface area contributed by atoms with Crippen LogP contribution in [0, 0.1) is 13.8 Å². The Morgan fingerprint density at radius 1 is 1.40 bits per heavy atom. The fraction of sp³-hybridized carbons (Fsp3) is 0.600. The number of hydrogen-bond acceptors (Lipinski definition) is 3. The summed E-state index contributed by atoms with van der Waals surface area (Å²) in [5, 5.41) is -0.991. The Bertz CT molecular complexity index is 448. The summed E-state index contributed by atoms with van der Waals surface area (Å²) in [6.07, 6.45) is 1.23. The van der Waals surface area contributed by atoms with Crippen molar-refractivity contribution in [1.82, 2.24) is 0 Å². The van der Waals surface area contributed by atoms with Gasteiger partial charge in [-0.05, 0) is 32.4 Å². The Morgan fingerprint density at radius 2 is 1.93 bits per heavy atom. The number of alkyl halides is 1. The highest BCUT2D eigenvalue weighted by Crippen LogP contribution is 2.35. The van der Waals surface area contributed by atoms with Gasteiger partial charge in [0.1, 0.15) is 0 Å².